The van der Waals surface area contributed by atoms with Crippen LogP contribution >= 0.6 is 11.3 Å². The molecule has 0 radical (unpaired) electrons. The molecular weight excluding hydrogens is 334 g/mol. The van der Waals surface area contributed by atoms with E-state index in [-0.39, 0.29) is 12.3 Å². The van der Waals surface area contributed by atoms with E-state index in [2.05, 4.69) is 27.4 Å². The molecule has 0 aliphatic carbocycles. The van der Waals surface area contributed by atoms with E-state index in [0.717, 1.165) is 28.4 Å². The molecule has 0 saturated carbocycles. The third-order valence-corrected chi connectivity index (χ3v) is 4.92. The van der Waals surface area contributed by atoms with Crippen molar-refractivity contribution in [2.24, 2.45) is 0 Å². The summed E-state index contributed by atoms with van der Waals surface area (Å²) in [5.41, 5.74) is 3.10. The number of aromatic nitrogens is 2. The molecule has 126 valence electrons. The molecule has 4 aromatic rings. The largest absolute Gasteiger partial charge is 0.462 e. The highest BCUT2D eigenvalue weighted by Crippen LogP contribution is 2.24. The molecule has 1 aromatic carbocycles. The van der Waals surface area contributed by atoms with Crippen LogP contribution in [0.5, 0.6) is 0 Å². The van der Waals surface area contributed by atoms with Crippen molar-refractivity contribution in [3.8, 4) is 10.8 Å². The van der Waals surface area contributed by atoms with Crippen LogP contribution in [-0.2, 0) is 17.6 Å². The number of aromatic amines is 1. The summed E-state index contributed by atoms with van der Waals surface area (Å²) in [6, 6.07) is 11.9. The molecule has 5 nitrogen and oxygen atoms in total. The van der Waals surface area contributed by atoms with Crippen molar-refractivity contribution in [3.63, 3.8) is 0 Å². The predicted octanol–water partition coefficient (Wildman–Crippen LogP) is 3.79. The van der Waals surface area contributed by atoms with Crippen molar-refractivity contribution in [3.05, 3.63) is 65.5 Å². The minimum atomic E-state index is -0.0175. The molecule has 0 atom stereocenters. The van der Waals surface area contributed by atoms with Crippen molar-refractivity contribution in [1.29, 1.82) is 0 Å². The van der Waals surface area contributed by atoms with Gasteiger partial charge in [0.25, 0.3) is 0 Å². The summed E-state index contributed by atoms with van der Waals surface area (Å²) in [5, 5.41) is 6.87. The van der Waals surface area contributed by atoms with Gasteiger partial charge in [0, 0.05) is 29.0 Å². The topological polar surface area (TPSA) is 70.9 Å². The molecule has 3 aromatic heterocycles. The fourth-order valence-electron chi connectivity index (χ4n) is 2.80. The molecule has 6 heteroatoms. The van der Waals surface area contributed by atoms with Crippen molar-refractivity contribution in [2.75, 3.05) is 6.54 Å². The van der Waals surface area contributed by atoms with E-state index in [1.807, 2.05) is 35.8 Å². The summed E-state index contributed by atoms with van der Waals surface area (Å²) in [5.74, 6) is 0.715. The maximum atomic E-state index is 12.1. The summed E-state index contributed by atoms with van der Waals surface area (Å²) in [6.07, 6.45) is 4.70. The zero-order valence-electron chi connectivity index (χ0n) is 13.5. The van der Waals surface area contributed by atoms with Crippen molar-refractivity contribution in [1.82, 2.24) is 15.3 Å². The lowest BCUT2D eigenvalue weighted by molar-refractivity contribution is -0.120. The number of amides is 1. The lowest BCUT2D eigenvalue weighted by atomic mass is 10.1. The number of furan rings is 1. The number of rotatable bonds is 6. The number of fused-ring (bicyclic) bond motifs is 1. The number of hydrogen-bond donors (Lipinski definition) is 2. The Kier molecular flexibility index (Phi) is 4.35. The van der Waals surface area contributed by atoms with Gasteiger partial charge in [-0.25, -0.2) is 4.98 Å². The van der Waals surface area contributed by atoms with Crippen LogP contribution < -0.4 is 5.32 Å². The van der Waals surface area contributed by atoms with E-state index in [1.54, 1.807) is 6.26 Å². The van der Waals surface area contributed by atoms with Gasteiger partial charge >= 0.3 is 0 Å². The van der Waals surface area contributed by atoms with Gasteiger partial charge < -0.3 is 14.7 Å². The van der Waals surface area contributed by atoms with Crippen LogP contribution in [0.2, 0.25) is 0 Å². The maximum Gasteiger partial charge on any atom is 0.226 e. The molecule has 0 bridgehead atoms. The van der Waals surface area contributed by atoms with Gasteiger partial charge in [0.05, 0.1) is 18.4 Å². The second-order valence-electron chi connectivity index (χ2n) is 5.76. The first-order valence-corrected chi connectivity index (χ1v) is 8.97. The second kappa shape index (κ2) is 6.94. The Bertz CT molecular complexity index is 985. The van der Waals surface area contributed by atoms with Gasteiger partial charge in [-0.2, -0.15) is 0 Å². The molecule has 4 rings (SSSR count). The molecule has 0 unspecified atom stereocenters. The molecule has 0 spiro atoms. The highest BCUT2D eigenvalue weighted by Gasteiger charge is 2.10. The Morgan fingerprint density at radius 3 is 3.04 bits per heavy atom. The smallest absolute Gasteiger partial charge is 0.226 e. The van der Waals surface area contributed by atoms with Gasteiger partial charge in [0.1, 0.15) is 0 Å². The summed E-state index contributed by atoms with van der Waals surface area (Å²) in [4.78, 5) is 19.8. The number of nitrogens with one attached hydrogen (secondary N) is 2. The monoisotopic (exact) mass is 351 g/mol. The first kappa shape index (κ1) is 15.7. The molecule has 25 heavy (non-hydrogen) atoms. The number of nitrogens with zero attached hydrogens (tertiary/aromatic N) is 1. The third-order valence-electron chi connectivity index (χ3n) is 4.02. The van der Waals surface area contributed by atoms with E-state index >= 15 is 0 Å². The molecular formula is C19H17N3O2S. The maximum absolute atomic E-state index is 12.1. The standard InChI is InChI=1S/C19H17N3O2S/c23-18(10-14-12-25-19(22-14)17-6-3-9-24-17)20-8-7-13-11-21-16-5-2-1-4-15(13)16/h1-6,9,11-12,21H,7-8,10H2,(H,20,23). The SMILES string of the molecule is O=C(Cc1csc(-c2ccco2)n1)NCCc1c[nH]c2ccccc12. The average molecular weight is 351 g/mol. The van der Waals surface area contributed by atoms with Crippen molar-refractivity contribution >= 4 is 28.1 Å². The molecule has 2 N–H and O–H groups in total. The van der Waals surface area contributed by atoms with Gasteiger partial charge in [-0.1, -0.05) is 18.2 Å². The Morgan fingerprint density at radius 2 is 2.16 bits per heavy atom. The Hall–Kier alpha value is -2.86. The highest BCUT2D eigenvalue weighted by atomic mass is 32.1. The van der Waals surface area contributed by atoms with Gasteiger partial charge in [-0.3, -0.25) is 4.79 Å². The molecule has 0 fully saturated rings. The van der Waals surface area contributed by atoms with Crippen LogP contribution in [-0.4, -0.2) is 22.4 Å². The summed E-state index contributed by atoms with van der Waals surface area (Å²) in [6.45, 7) is 0.607. The van der Waals surface area contributed by atoms with Crippen molar-refractivity contribution in [2.45, 2.75) is 12.8 Å². The zero-order valence-corrected chi connectivity index (χ0v) is 14.3. The predicted molar refractivity (Wildman–Crippen MR) is 98.5 cm³/mol. The van der Waals surface area contributed by atoms with E-state index in [0.29, 0.717) is 6.54 Å². The summed E-state index contributed by atoms with van der Waals surface area (Å²) >= 11 is 1.48. The number of hydrogen-bond acceptors (Lipinski definition) is 4. The fraction of sp³-hybridized carbons (Fsp3) is 0.158. The lowest BCUT2D eigenvalue weighted by Crippen LogP contribution is -2.27. The minimum Gasteiger partial charge on any atom is -0.462 e. The van der Waals surface area contributed by atoms with Gasteiger partial charge in [-0.05, 0) is 30.2 Å². The summed E-state index contributed by atoms with van der Waals surface area (Å²) < 4.78 is 5.32. The van der Waals surface area contributed by atoms with Crippen LogP contribution in [0.3, 0.4) is 0 Å². The highest BCUT2D eigenvalue weighted by molar-refractivity contribution is 7.13. The fourth-order valence-corrected chi connectivity index (χ4v) is 3.59. The number of H-pyrrole nitrogens is 1. The Labute approximate surface area is 148 Å². The van der Waals surface area contributed by atoms with Crippen LogP contribution in [0.1, 0.15) is 11.3 Å². The van der Waals surface area contributed by atoms with E-state index in [4.69, 9.17) is 4.42 Å². The van der Waals surface area contributed by atoms with Gasteiger partial charge in [0.2, 0.25) is 5.91 Å². The Balaban J connectivity index is 1.31. The number of carbonyl (C=O) groups is 1. The molecule has 0 aliphatic heterocycles. The van der Waals surface area contributed by atoms with E-state index in [1.165, 1.54) is 22.3 Å². The number of carbonyl (C=O) groups excluding carboxylic acids is 1. The minimum absolute atomic E-state index is 0.0175. The quantitative estimate of drug-likeness (QED) is 0.555. The van der Waals surface area contributed by atoms with Crippen LogP contribution in [0, 0.1) is 0 Å². The van der Waals surface area contributed by atoms with Gasteiger partial charge in [0.15, 0.2) is 10.8 Å². The first-order valence-electron chi connectivity index (χ1n) is 8.09. The molecule has 3 heterocycles. The molecule has 0 saturated heterocycles. The number of para-hydroxylation sites is 1. The molecule has 0 aliphatic rings. The van der Waals surface area contributed by atoms with Crippen molar-refractivity contribution < 1.29 is 9.21 Å². The van der Waals surface area contributed by atoms with Crippen LogP contribution in [0.25, 0.3) is 21.7 Å². The normalized spacial score (nSPS) is 11.0. The third kappa shape index (κ3) is 3.49. The van der Waals surface area contributed by atoms with E-state index in [9.17, 15) is 4.79 Å². The Morgan fingerprint density at radius 1 is 1.24 bits per heavy atom. The van der Waals surface area contributed by atoms with E-state index < -0.39 is 0 Å². The second-order valence-corrected chi connectivity index (χ2v) is 6.62. The number of thiazole rings is 1. The lowest BCUT2D eigenvalue weighted by Gasteiger charge is -2.03. The summed E-state index contributed by atoms with van der Waals surface area (Å²) in [7, 11) is 0. The number of benzene rings is 1. The zero-order chi connectivity index (χ0) is 17.1. The van der Waals surface area contributed by atoms with Crippen LogP contribution in [0.15, 0.2) is 58.7 Å². The average Bonchev–Trinajstić information content (AvgIpc) is 3.35. The van der Waals surface area contributed by atoms with Crippen LogP contribution in [0.4, 0.5) is 0 Å². The van der Waals surface area contributed by atoms with Gasteiger partial charge in [-0.15, -0.1) is 11.3 Å². The molecule has 1 amide bonds. The first-order chi connectivity index (χ1) is 12.3.